The zero-order chi connectivity index (χ0) is 12.6. The minimum absolute atomic E-state index is 0.633. The zero-order valence-electron chi connectivity index (χ0n) is 8.25. The van der Waals surface area contributed by atoms with Crippen LogP contribution in [0.2, 0.25) is 5.02 Å². The minimum Gasteiger partial charge on any atom is -0.383 e. The maximum Gasteiger partial charge on any atom is 0.114 e. The fourth-order valence-corrected chi connectivity index (χ4v) is 4.28. The van der Waals surface area contributed by atoms with Gasteiger partial charge in [-0.25, -0.2) is 0 Å². The summed E-state index contributed by atoms with van der Waals surface area (Å²) in [4.78, 5) is 0.879. The van der Waals surface area contributed by atoms with Crippen molar-refractivity contribution in [2.75, 3.05) is 0 Å². The molecular formula is C11H6Br2ClIOS. The van der Waals surface area contributed by atoms with E-state index in [1.165, 1.54) is 11.3 Å². The van der Waals surface area contributed by atoms with Gasteiger partial charge in [-0.15, -0.1) is 11.3 Å². The maximum absolute atomic E-state index is 10.3. The highest BCUT2D eigenvalue weighted by atomic mass is 127. The highest BCUT2D eigenvalue weighted by Crippen LogP contribution is 2.38. The van der Waals surface area contributed by atoms with Crippen LogP contribution in [0.3, 0.4) is 0 Å². The Morgan fingerprint density at radius 2 is 2.00 bits per heavy atom. The first-order valence-electron chi connectivity index (χ1n) is 4.57. The molecule has 0 aliphatic carbocycles. The molecule has 0 spiro atoms. The van der Waals surface area contributed by atoms with Crippen LogP contribution in [0.25, 0.3) is 0 Å². The van der Waals surface area contributed by atoms with E-state index in [9.17, 15) is 5.11 Å². The van der Waals surface area contributed by atoms with E-state index >= 15 is 0 Å². The molecule has 6 heteroatoms. The van der Waals surface area contributed by atoms with Crippen molar-refractivity contribution in [1.82, 2.24) is 0 Å². The van der Waals surface area contributed by atoms with Gasteiger partial charge in [0.25, 0.3) is 0 Å². The van der Waals surface area contributed by atoms with Crippen LogP contribution in [0.5, 0.6) is 0 Å². The first-order chi connectivity index (χ1) is 7.99. The van der Waals surface area contributed by atoms with Crippen LogP contribution >= 0.6 is 77.4 Å². The lowest BCUT2D eigenvalue weighted by molar-refractivity contribution is 0.223. The smallest absolute Gasteiger partial charge is 0.114 e. The van der Waals surface area contributed by atoms with Crippen LogP contribution in [-0.4, -0.2) is 5.11 Å². The lowest BCUT2D eigenvalue weighted by Gasteiger charge is -2.11. The Bertz CT molecular complexity index is 539. The quantitative estimate of drug-likeness (QED) is 0.523. The number of halogens is 4. The lowest BCUT2D eigenvalue weighted by Crippen LogP contribution is -1.99. The van der Waals surface area contributed by atoms with E-state index in [-0.39, 0.29) is 0 Å². The third-order valence-corrected chi connectivity index (χ3v) is 6.71. The molecule has 1 heterocycles. The molecule has 90 valence electrons. The van der Waals surface area contributed by atoms with Gasteiger partial charge in [0.1, 0.15) is 6.10 Å². The maximum atomic E-state index is 10.3. The summed E-state index contributed by atoms with van der Waals surface area (Å²) in [6.45, 7) is 0. The largest absolute Gasteiger partial charge is 0.383 e. The number of aliphatic hydroxyl groups excluding tert-OH is 1. The van der Waals surface area contributed by atoms with E-state index in [1.807, 2.05) is 18.2 Å². The Morgan fingerprint density at radius 3 is 2.59 bits per heavy atom. The summed E-state index contributed by atoms with van der Waals surface area (Å²) in [5, 5.41) is 11.0. The number of benzene rings is 1. The molecule has 0 fully saturated rings. The summed E-state index contributed by atoms with van der Waals surface area (Å²) in [6, 6.07) is 7.44. The topological polar surface area (TPSA) is 20.2 Å². The number of rotatable bonds is 2. The van der Waals surface area contributed by atoms with Gasteiger partial charge in [-0.05, 0) is 78.7 Å². The summed E-state index contributed by atoms with van der Waals surface area (Å²) in [5.41, 5.74) is 0.833. The van der Waals surface area contributed by atoms with Crippen molar-refractivity contribution in [2.45, 2.75) is 6.10 Å². The number of hydrogen-bond donors (Lipinski definition) is 1. The van der Waals surface area contributed by atoms with Gasteiger partial charge in [-0.2, -0.15) is 0 Å². The second-order valence-corrected chi connectivity index (χ2v) is 8.19. The molecule has 0 saturated heterocycles. The standard InChI is InChI=1S/C11H6Br2ClIOS/c12-7-4-9(17-11(7)13)10(16)6-3-5(14)1-2-8(6)15/h1-4,10,16H. The van der Waals surface area contributed by atoms with Crippen LogP contribution < -0.4 is 0 Å². The van der Waals surface area contributed by atoms with E-state index in [4.69, 9.17) is 11.6 Å². The van der Waals surface area contributed by atoms with Crippen molar-refractivity contribution in [2.24, 2.45) is 0 Å². The van der Waals surface area contributed by atoms with Crippen molar-refractivity contribution >= 4 is 77.4 Å². The van der Waals surface area contributed by atoms with Gasteiger partial charge in [0.15, 0.2) is 0 Å². The first-order valence-corrected chi connectivity index (χ1v) is 8.42. The Morgan fingerprint density at radius 1 is 1.29 bits per heavy atom. The monoisotopic (exact) mass is 506 g/mol. The average molecular weight is 508 g/mol. The Kier molecular flexibility index (Phi) is 4.94. The summed E-state index contributed by atoms with van der Waals surface area (Å²) >= 11 is 16.5. The van der Waals surface area contributed by atoms with Crippen LogP contribution in [0, 0.1) is 3.57 Å². The summed E-state index contributed by atoms with van der Waals surface area (Å²) < 4.78 is 2.93. The fraction of sp³-hybridized carbons (Fsp3) is 0.0909. The van der Waals surface area contributed by atoms with Gasteiger partial charge in [0, 0.05) is 23.5 Å². The van der Waals surface area contributed by atoms with Crippen molar-refractivity contribution in [3.63, 3.8) is 0 Å². The molecular weight excluding hydrogens is 502 g/mol. The Hall–Kier alpha value is 0.860. The van der Waals surface area contributed by atoms with E-state index in [1.54, 1.807) is 6.07 Å². The van der Waals surface area contributed by atoms with Gasteiger partial charge >= 0.3 is 0 Å². The molecule has 0 radical (unpaired) electrons. The van der Waals surface area contributed by atoms with Crippen LogP contribution in [-0.2, 0) is 0 Å². The van der Waals surface area contributed by atoms with Gasteiger partial charge in [0.05, 0.1) is 3.79 Å². The highest BCUT2D eigenvalue weighted by Gasteiger charge is 2.17. The first kappa shape index (κ1) is 14.3. The van der Waals surface area contributed by atoms with E-state index in [2.05, 4.69) is 54.5 Å². The normalized spacial score (nSPS) is 12.8. The van der Waals surface area contributed by atoms with E-state index in [0.717, 1.165) is 22.3 Å². The van der Waals surface area contributed by atoms with Gasteiger partial charge in [-0.3, -0.25) is 0 Å². The molecule has 2 rings (SSSR count). The van der Waals surface area contributed by atoms with Crippen molar-refractivity contribution < 1.29 is 5.11 Å². The summed E-state index contributed by atoms with van der Waals surface area (Å²) in [7, 11) is 0. The van der Waals surface area contributed by atoms with E-state index < -0.39 is 6.10 Å². The fourth-order valence-electron chi connectivity index (χ4n) is 1.38. The average Bonchev–Trinajstić information content (AvgIpc) is 2.62. The molecule has 1 N–H and O–H groups in total. The second-order valence-electron chi connectivity index (χ2n) is 3.34. The van der Waals surface area contributed by atoms with Gasteiger partial charge < -0.3 is 5.11 Å². The molecule has 1 aromatic carbocycles. The number of thiophene rings is 1. The Balaban J connectivity index is 2.42. The third kappa shape index (κ3) is 3.25. The summed E-state index contributed by atoms with van der Waals surface area (Å²) in [6.07, 6.45) is -0.645. The molecule has 0 aliphatic rings. The van der Waals surface area contributed by atoms with Gasteiger partial charge in [-0.1, -0.05) is 11.6 Å². The van der Waals surface area contributed by atoms with E-state index in [0.29, 0.717) is 5.02 Å². The molecule has 0 bridgehead atoms. The summed E-state index contributed by atoms with van der Waals surface area (Å²) in [5.74, 6) is 0. The van der Waals surface area contributed by atoms with Crippen LogP contribution in [0.15, 0.2) is 32.5 Å². The Labute approximate surface area is 139 Å². The van der Waals surface area contributed by atoms with Crippen molar-refractivity contribution in [1.29, 1.82) is 0 Å². The molecule has 1 atom stereocenters. The van der Waals surface area contributed by atoms with Crippen molar-refractivity contribution in [3.05, 3.63) is 51.6 Å². The highest BCUT2D eigenvalue weighted by molar-refractivity contribution is 14.1. The van der Waals surface area contributed by atoms with Crippen LogP contribution in [0.1, 0.15) is 16.5 Å². The SMILES string of the molecule is OC(c1cc(Br)c(Br)s1)c1cc(Cl)ccc1I. The molecule has 1 aromatic heterocycles. The molecule has 0 aliphatic heterocycles. The number of hydrogen-bond acceptors (Lipinski definition) is 2. The van der Waals surface area contributed by atoms with Crippen LogP contribution in [0.4, 0.5) is 0 Å². The predicted molar refractivity (Wildman–Crippen MR) is 87.9 cm³/mol. The molecule has 0 amide bonds. The molecule has 1 unspecified atom stereocenters. The van der Waals surface area contributed by atoms with Gasteiger partial charge in [0.2, 0.25) is 0 Å². The molecule has 17 heavy (non-hydrogen) atoms. The predicted octanol–water partition coefficient (Wildman–Crippen LogP) is 5.61. The lowest BCUT2D eigenvalue weighted by atomic mass is 10.1. The number of aliphatic hydroxyl groups is 1. The van der Waals surface area contributed by atoms with Crippen molar-refractivity contribution in [3.8, 4) is 0 Å². The molecule has 1 nitrogen and oxygen atoms in total. The zero-order valence-corrected chi connectivity index (χ0v) is 15.2. The second kappa shape index (κ2) is 5.88. The minimum atomic E-state index is -0.645. The third-order valence-electron chi connectivity index (χ3n) is 2.19. The molecule has 0 saturated carbocycles. The molecule has 2 aromatic rings.